The number of nitrogens with one attached hydrogen (secondary N) is 1. The number of rotatable bonds is 4. The van der Waals surface area contributed by atoms with Crippen molar-refractivity contribution in [3.63, 3.8) is 0 Å². The molecule has 5 heteroatoms. The van der Waals surface area contributed by atoms with Crippen LogP contribution in [0.3, 0.4) is 0 Å². The summed E-state index contributed by atoms with van der Waals surface area (Å²) in [4.78, 5) is 27.5. The molecule has 0 bridgehead atoms. The quantitative estimate of drug-likeness (QED) is 0.884. The van der Waals surface area contributed by atoms with Crippen LogP contribution >= 0.6 is 0 Å². The van der Waals surface area contributed by atoms with Crippen molar-refractivity contribution in [1.82, 2.24) is 9.88 Å². The number of carbonyl (C=O) groups excluding carboxylic acids is 1. The molecule has 1 amide bonds. The van der Waals surface area contributed by atoms with Crippen molar-refractivity contribution in [2.45, 2.75) is 19.9 Å². The van der Waals surface area contributed by atoms with Gasteiger partial charge in [0.1, 0.15) is 12.2 Å². The maximum atomic E-state index is 12.3. The van der Waals surface area contributed by atoms with Gasteiger partial charge in [-0.1, -0.05) is 18.2 Å². The predicted octanol–water partition coefficient (Wildman–Crippen LogP) is 2.10. The number of nitrogens with zero attached hydrogens (tertiary/aromatic N) is 1. The van der Waals surface area contributed by atoms with Gasteiger partial charge < -0.3 is 15.0 Å². The van der Waals surface area contributed by atoms with E-state index in [1.807, 2.05) is 24.3 Å². The van der Waals surface area contributed by atoms with Crippen molar-refractivity contribution < 1.29 is 14.7 Å². The molecule has 1 aromatic carbocycles. The molecule has 0 aliphatic carbocycles. The molecule has 0 radical (unpaired) electrons. The Hall–Kier alpha value is -2.30. The highest BCUT2D eigenvalue weighted by atomic mass is 16.4. The summed E-state index contributed by atoms with van der Waals surface area (Å²) in [6, 6.07) is 9.12. The first-order valence-corrected chi connectivity index (χ1v) is 6.09. The number of fused-ring (bicyclic) bond motifs is 1. The van der Waals surface area contributed by atoms with E-state index in [1.54, 1.807) is 19.9 Å². The van der Waals surface area contributed by atoms with Crippen LogP contribution in [0.15, 0.2) is 30.3 Å². The number of carboxylic acids is 1. The van der Waals surface area contributed by atoms with Crippen molar-refractivity contribution in [2.24, 2.45) is 0 Å². The summed E-state index contributed by atoms with van der Waals surface area (Å²) in [5.41, 5.74) is 1.28. The number of aromatic nitrogens is 1. The SMILES string of the molecule is CC(C)N(CC(=O)O)C(=O)c1cc2ccccc2[nH]1. The van der Waals surface area contributed by atoms with Crippen molar-refractivity contribution >= 4 is 22.8 Å². The molecule has 0 saturated carbocycles. The minimum atomic E-state index is -1.02. The molecule has 1 heterocycles. The fraction of sp³-hybridized carbons (Fsp3) is 0.286. The Labute approximate surface area is 110 Å². The van der Waals surface area contributed by atoms with Gasteiger partial charge in [0, 0.05) is 16.9 Å². The number of hydrogen-bond acceptors (Lipinski definition) is 2. The molecular formula is C14H16N2O3. The summed E-state index contributed by atoms with van der Waals surface area (Å²) in [6.45, 7) is 3.29. The molecule has 0 unspecified atom stereocenters. The Kier molecular flexibility index (Phi) is 3.55. The molecule has 2 aromatic rings. The van der Waals surface area contributed by atoms with Crippen LogP contribution in [0.1, 0.15) is 24.3 Å². The fourth-order valence-corrected chi connectivity index (χ4v) is 1.98. The highest BCUT2D eigenvalue weighted by Crippen LogP contribution is 2.16. The molecule has 0 fully saturated rings. The number of amides is 1. The summed E-state index contributed by atoms with van der Waals surface area (Å²) in [5, 5.41) is 9.80. The lowest BCUT2D eigenvalue weighted by Gasteiger charge is -2.24. The topological polar surface area (TPSA) is 73.4 Å². The molecule has 2 rings (SSSR count). The zero-order valence-corrected chi connectivity index (χ0v) is 10.9. The summed E-state index contributed by atoms with van der Waals surface area (Å²) in [5.74, 6) is -1.31. The first-order valence-electron chi connectivity index (χ1n) is 6.09. The number of para-hydroxylation sites is 1. The molecule has 19 heavy (non-hydrogen) atoms. The molecule has 0 atom stereocenters. The van der Waals surface area contributed by atoms with Crippen LogP contribution in [0.4, 0.5) is 0 Å². The molecular weight excluding hydrogens is 244 g/mol. The Morgan fingerprint density at radius 2 is 2.00 bits per heavy atom. The summed E-state index contributed by atoms with van der Waals surface area (Å²) in [7, 11) is 0. The largest absolute Gasteiger partial charge is 0.480 e. The maximum Gasteiger partial charge on any atom is 0.323 e. The standard InChI is InChI=1S/C14H16N2O3/c1-9(2)16(8-13(17)18)14(19)12-7-10-5-3-4-6-11(10)15-12/h3-7,9,15H,8H2,1-2H3,(H,17,18). The molecule has 100 valence electrons. The highest BCUT2D eigenvalue weighted by molar-refractivity contribution is 5.99. The van der Waals surface area contributed by atoms with Crippen molar-refractivity contribution in [3.05, 3.63) is 36.0 Å². The van der Waals surface area contributed by atoms with E-state index in [-0.39, 0.29) is 18.5 Å². The number of benzene rings is 1. The van der Waals surface area contributed by atoms with Gasteiger partial charge in [0.2, 0.25) is 0 Å². The van der Waals surface area contributed by atoms with E-state index in [2.05, 4.69) is 4.98 Å². The van der Waals surface area contributed by atoms with E-state index >= 15 is 0 Å². The number of carbonyl (C=O) groups is 2. The van der Waals surface area contributed by atoms with E-state index in [9.17, 15) is 9.59 Å². The second kappa shape index (κ2) is 5.14. The normalized spacial score (nSPS) is 10.9. The molecule has 0 spiro atoms. The van der Waals surface area contributed by atoms with Crippen LogP contribution in [0, 0.1) is 0 Å². The maximum absolute atomic E-state index is 12.3. The molecule has 1 aromatic heterocycles. The van der Waals surface area contributed by atoms with Crippen LogP contribution in [-0.4, -0.2) is 39.5 Å². The zero-order valence-electron chi connectivity index (χ0n) is 10.9. The summed E-state index contributed by atoms with van der Waals surface area (Å²) < 4.78 is 0. The first-order chi connectivity index (χ1) is 8.99. The van der Waals surface area contributed by atoms with Crippen LogP contribution in [0.2, 0.25) is 0 Å². The minimum absolute atomic E-state index is 0.171. The number of aliphatic carboxylic acids is 1. The van der Waals surface area contributed by atoms with Gasteiger partial charge in [-0.15, -0.1) is 0 Å². The lowest BCUT2D eigenvalue weighted by Crippen LogP contribution is -2.40. The van der Waals surface area contributed by atoms with Crippen molar-refractivity contribution in [3.8, 4) is 0 Å². The van der Waals surface area contributed by atoms with Crippen LogP contribution < -0.4 is 0 Å². The van der Waals surface area contributed by atoms with E-state index < -0.39 is 5.97 Å². The van der Waals surface area contributed by atoms with Crippen molar-refractivity contribution in [1.29, 1.82) is 0 Å². The number of hydrogen-bond donors (Lipinski definition) is 2. The van der Waals surface area contributed by atoms with Gasteiger partial charge in [-0.05, 0) is 26.0 Å². The van der Waals surface area contributed by atoms with Crippen molar-refractivity contribution in [2.75, 3.05) is 6.54 Å². The zero-order chi connectivity index (χ0) is 14.0. The minimum Gasteiger partial charge on any atom is -0.480 e. The average Bonchev–Trinajstić information content (AvgIpc) is 2.78. The second-order valence-corrected chi connectivity index (χ2v) is 4.69. The van der Waals surface area contributed by atoms with Crippen LogP contribution in [0.25, 0.3) is 10.9 Å². The van der Waals surface area contributed by atoms with Gasteiger partial charge in [-0.2, -0.15) is 0 Å². The van der Waals surface area contributed by atoms with Gasteiger partial charge in [-0.25, -0.2) is 0 Å². The van der Waals surface area contributed by atoms with Crippen LogP contribution in [-0.2, 0) is 4.79 Å². The monoisotopic (exact) mass is 260 g/mol. The third kappa shape index (κ3) is 2.76. The number of aromatic amines is 1. The van der Waals surface area contributed by atoms with Gasteiger partial charge in [0.25, 0.3) is 5.91 Å². The van der Waals surface area contributed by atoms with Gasteiger partial charge in [0.05, 0.1) is 0 Å². The second-order valence-electron chi connectivity index (χ2n) is 4.69. The Morgan fingerprint density at radius 1 is 1.32 bits per heavy atom. The van der Waals surface area contributed by atoms with E-state index in [1.165, 1.54) is 4.90 Å². The van der Waals surface area contributed by atoms with E-state index in [4.69, 9.17) is 5.11 Å². The third-order valence-electron chi connectivity index (χ3n) is 2.95. The lowest BCUT2D eigenvalue weighted by molar-refractivity contribution is -0.138. The van der Waals surface area contributed by atoms with Gasteiger partial charge in [-0.3, -0.25) is 9.59 Å². The lowest BCUT2D eigenvalue weighted by atomic mass is 10.2. The summed E-state index contributed by atoms with van der Waals surface area (Å²) >= 11 is 0. The van der Waals surface area contributed by atoms with Gasteiger partial charge in [0.15, 0.2) is 0 Å². The average molecular weight is 260 g/mol. The van der Waals surface area contributed by atoms with Crippen LogP contribution in [0.5, 0.6) is 0 Å². The smallest absolute Gasteiger partial charge is 0.323 e. The summed E-state index contributed by atoms with van der Waals surface area (Å²) in [6.07, 6.45) is 0. The highest BCUT2D eigenvalue weighted by Gasteiger charge is 2.22. The molecule has 0 saturated heterocycles. The Bertz CT molecular complexity index is 583. The fourth-order valence-electron chi connectivity index (χ4n) is 1.98. The number of H-pyrrole nitrogens is 1. The predicted molar refractivity (Wildman–Crippen MR) is 72.1 cm³/mol. The first kappa shape index (κ1) is 13.1. The van der Waals surface area contributed by atoms with E-state index in [0.717, 1.165) is 10.9 Å². The third-order valence-corrected chi connectivity index (χ3v) is 2.95. The van der Waals surface area contributed by atoms with E-state index in [0.29, 0.717) is 5.69 Å². The Balaban J connectivity index is 2.32. The Morgan fingerprint density at radius 3 is 2.58 bits per heavy atom. The molecule has 0 aliphatic heterocycles. The molecule has 0 aliphatic rings. The number of carboxylic acid groups (broad SMARTS) is 1. The van der Waals surface area contributed by atoms with Gasteiger partial charge >= 0.3 is 5.97 Å². The molecule has 2 N–H and O–H groups in total. The molecule has 5 nitrogen and oxygen atoms in total.